The van der Waals surface area contributed by atoms with Crippen molar-refractivity contribution in [2.24, 2.45) is 4.99 Å². The van der Waals surface area contributed by atoms with Crippen molar-refractivity contribution in [3.05, 3.63) is 72.4 Å². The van der Waals surface area contributed by atoms with E-state index < -0.39 is 0 Å². The molecule has 0 fully saturated rings. The highest BCUT2D eigenvalue weighted by atomic mass is 127. The predicted molar refractivity (Wildman–Crippen MR) is 127 cm³/mol. The Balaban J connectivity index is 0.00000256. The molecule has 30 heavy (non-hydrogen) atoms. The van der Waals surface area contributed by atoms with Gasteiger partial charge in [0.25, 0.3) is 0 Å². The zero-order chi connectivity index (χ0) is 20.1. The summed E-state index contributed by atoms with van der Waals surface area (Å²) in [5, 5.41) is 9.55. The van der Waals surface area contributed by atoms with Crippen LogP contribution in [0.2, 0.25) is 0 Å². The van der Waals surface area contributed by atoms with Crippen LogP contribution in [0.15, 0.2) is 66.3 Å². The first-order valence-electron chi connectivity index (χ1n) is 9.49. The van der Waals surface area contributed by atoms with Gasteiger partial charge in [-0.25, -0.2) is 9.97 Å². The molecular weight excluding hydrogens is 493 g/mol. The van der Waals surface area contributed by atoms with Gasteiger partial charge < -0.3 is 16.0 Å². The van der Waals surface area contributed by atoms with Crippen LogP contribution in [0.3, 0.4) is 0 Å². The van der Waals surface area contributed by atoms with Gasteiger partial charge in [-0.05, 0) is 23.3 Å². The lowest BCUT2D eigenvalue weighted by Gasteiger charge is -2.26. The largest absolute Gasteiger partial charge is 0.356 e. The summed E-state index contributed by atoms with van der Waals surface area (Å²) in [6.45, 7) is 1.22. The summed E-state index contributed by atoms with van der Waals surface area (Å²) in [5.74, 6) is 1.66. The van der Waals surface area contributed by atoms with Crippen LogP contribution < -0.4 is 16.0 Å². The standard InChI is InChI=1S/C21H23N7O.HI/c1-22-21(25-12-15-6-7-19(24-11-15)28-9-8-23-14-28)26-13-16-10-20(29)27-18-5-3-2-4-17(16)18;/h2-9,11,14,16H,10,12-13H2,1H3,(H,27,29)(H2,22,25,26);1H. The van der Waals surface area contributed by atoms with Crippen LogP contribution in [-0.4, -0.2) is 40.0 Å². The first kappa shape index (κ1) is 21.8. The third-order valence-corrected chi connectivity index (χ3v) is 4.88. The van der Waals surface area contributed by atoms with E-state index in [-0.39, 0.29) is 35.8 Å². The maximum Gasteiger partial charge on any atom is 0.225 e. The number of rotatable bonds is 5. The van der Waals surface area contributed by atoms with Gasteiger partial charge in [-0.2, -0.15) is 0 Å². The Labute approximate surface area is 192 Å². The summed E-state index contributed by atoms with van der Waals surface area (Å²) in [4.78, 5) is 24.7. The minimum absolute atomic E-state index is 0. The van der Waals surface area contributed by atoms with Crippen molar-refractivity contribution in [2.45, 2.75) is 18.9 Å². The molecule has 0 saturated carbocycles. The average molecular weight is 517 g/mol. The van der Waals surface area contributed by atoms with Crippen molar-refractivity contribution in [3.8, 4) is 5.82 Å². The van der Waals surface area contributed by atoms with E-state index in [0.29, 0.717) is 25.5 Å². The van der Waals surface area contributed by atoms with Crippen LogP contribution >= 0.6 is 24.0 Å². The summed E-state index contributed by atoms with van der Waals surface area (Å²) < 4.78 is 1.86. The van der Waals surface area contributed by atoms with Crippen LogP contribution in [0.1, 0.15) is 23.5 Å². The summed E-state index contributed by atoms with van der Waals surface area (Å²) in [6.07, 6.45) is 7.59. The van der Waals surface area contributed by atoms with Crippen LogP contribution in [0.4, 0.5) is 5.69 Å². The molecule has 0 aliphatic carbocycles. The van der Waals surface area contributed by atoms with E-state index in [1.165, 1.54) is 0 Å². The molecule has 156 valence electrons. The van der Waals surface area contributed by atoms with E-state index in [9.17, 15) is 4.79 Å². The highest BCUT2D eigenvalue weighted by Crippen LogP contribution is 2.31. The Morgan fingerprint density at radius 3 is 2.87 bits per heavy atom. The summed E-state index contributed by atoms with van der Waals surface area (Å²) in [7, 11) is 1.73. The Morgan fingerprint density at radius 1 is 1.27 bits per heavy atom. The average Bonchev–Trinajstić information content (AvgIpc) is 3.29. The Kier molecular flexibility index (Phi) is 7.39. The Bertz CT molecular complexity index is 1000. The quantitative estimate of drug-likeness (QED) is 0.275. The molecule has 0 radical (unpaired) electrons. The molecule has 1 amide bonds. The zero-order valence-electron chi connectivity index (χ0n) is 16.6. The molecule has 9 heteroatoms. The highest BCUT2D eigenvalue weighted by molar-refractivity contribution is 14.0. The zero-order valence-corrected chi connectivity index (χ0v) is 18.9. The molecule has 1 unspecified atom stereocenters. The number of fused-ring (bicyclic) bond motifs is 1. The molecule has 3 aromatic rings. The molecule has 4 rings (SSSR count). The number of halogens is 1. The number of carbonyl (C=O) groups excluding carboxylic acids is 1. The number of nitrogens with zero attached hydrogens (tertiary/aromatic N) is 4. The molecule has 1 aliphatic heterocycles. The van der Waals surface area contributed by atoms with E-state index in [1.807, 2.05) is 47.3 Å². The van der Waals surface area contributed by atoms with Gasteiger partial charge in [0.2, 0.25) is 5.91 Å². The molecule has 1 aromatic carbocycles. The van der Waals surface area contributed by atoms with Crippen molar-refractivity contribution < 1.29 is 4.79 Å². The van der Waals surface area contributed by atoms with Crippen molar-refractivity contribution in [1.82, 2.24) is 25.2 Å². The second-order valence-corrected chi connectivity index (χ2v) is 6.84. The lowest BCUT2D eigenvalue weighted by atomic mass is 9.90. The molecular formula is C21H24IN7O. The number of hydrogen-bond acceptors (Lipinski definition) is 4. The fourth-order valence-electron chi connectivity index (χ4n) is 3.38. The number of amides is 1. The van der Waals surface area contributed by atoms with E-state index in [2.05, 4.69) is 37.0 Å². The normalized spacial score (nSPS) is 15.6. The molecule has 3 N–H and O–H groups in total. The van der Waals surface area contributed by atoms with Crippen LogP contribution in [0.5, 0.6) is 0 Å². The van der Waals surface area contributed by atoms with E-state index in [1.54, 1.807) is 19.6 Å². The first-order chi connectivity index (χ1) is 14.2. The number of nitrogens with one attached hydrogen (secondary N) is 3. The number of benzene rings is 1. The van der Waals surface area contributed by atoms with Gasteiger partial charge in [-0.3, -0.25) is 14.4 Å². The van der Waals surface area contributed by atoms with Gasteiger partial charge in [0.1, 0.15) is 12.1 Å². The smallest absolute Gasteiger partial charge is 0.225 e. The number of hydrogen-bond donors (Lipinski definition) is 3. The fourth-order valence-corrected chi connectivity index (χ4v) is 3.38. The monoisotopic (exact) mass is 517 g/mol. The van der Waals surface area contributed by atoms with E-state index in [4.69, 9.17) is 0 Å². The molecule has 8 nitrogen and oxygen atoms in total. The lowest BCUT2D eigenvalue weighted by Crippen LogP contribution is -2.40. The summed E-state index contributed by atoms with van der Waals surface area (Å²) in [6, 6.07) is 11.9. The number of pyridine rings is 1. The third kappa shape index (κ3) is 5.15. The lowest BCUT2D eigenvalue weighted by molar-refractivity contribution is -0.116. The van der Waals surface area contributed by atoms with Crippen molar-refractivity contribution in [3.63, 3.8) is 0 Å². The molecule has 0 spiro atoms. The van der Waals surface area contributed by atoms with Crippen molar-refractivity contribution >= 4 is 41.5 Å². The van der Waals surface area contributed by atoms with Gasteiger partial charge in [0.15, 0.2) is 5.96 Å². The molecule has 0 bridgehead atoms. The van der Waals surface area contributed by atoms with Gasteiger partial charge in [-0.1, -0.05) is 24.3 Å². The van der Waals surface area contributed by atoms with Gasteiger partial charge in [0, 0.05) is 56.8 Å². The minimum atomic E-state index is 0. The predicted octanol–water partition coefficient (Wildman–Crippen LogP) is 2.68. The van der Waals surface area contributed by atoms with Gasteiger partial charge >= 0.3 is 0 Å². The maximum absolute atomic E-state index is 12.0. The third-order valence-electron chi connectivity index (χ3n) is 4.88. The fraction of sp³-hybridized carbons (Fsp3) is 0.238. The second-order valence-electron chi connectivity index (χ2n) is 6.84. The number of aliphatic imine (C=N–C) groups is 1. The molecule has 0 saturated heterocycles. The minimum Gasteiger partial charge on any atom is -0.356 e. The Morgan fingerprint density at radius 2 is 2.13 bits per heavy atom. The maximum atomic E-state index is 12.0. The molecule has 1 aliphatic rings. The number of guanidine groups is 1. The second kappa shape index (κ2) is 10.2. The van der Waals surface area contributed by atoms with E-state index in [0.717, 1.165) is 22.6 Å². The van der Waals surface area contributed by atoms with Gasteiger partial charge in [0.05, 0.1) is 0 Å². The number of carbonyl (C=O) groups is 1. The Hall–Kier alpha value is -2.95. The van der Waals surface area contributed by atoms with E-state index >= 15 is 0 Å². The van der Waals surface area contributed by atoms with Crippen LogP contribution in [0.25, 0.3) is 5.82 Å². The van der Waals surface area contributed by atoms with Gasteiger partial charge in [-0.15, -0.1) is 24.0 Å². The van der Waals surface area contributed by atoms with Crippen LogP contribution in [-0.2, 0) is 11.3 Å². The SMILES string of the molecule is CN=C(NCc1ccc(-n2ccnc2)nc1)NCC1CC(=O)Nc2ccccc21.I. The number of imidazole rings is 1. The molecule has 2 aromatic heterocycles. The van der Waals surface area contributed by atoms with Crippen LogP contribution in [0, 0.1) is 0 Å². The summed E-state index contributed by atoms with van der Waals surface area (Å²) in [5.41, 5.74) is 3.08. The number of anilines is 1. The summed E-state index contributed by atoms with van der Waals surface area (Å²) >= 11 is 0. The van der Waals surface area contributed by atoms with Crippen molar-refractivity contribution in [1.29, 1.82) is 0 Å². The number of para-hydroxylation sites is 1. The first-order valence-corrected chi connectivity index (χ1v) is 9.49. The number of aromatic nitrogens is 3. The molecule has 3 heterocycles. The topological polar surface area (TPSA) is 96.2 Å². The molecule has 1 atom stereocenters. The highest BCUT2D eigenvalue weighted by Gasteiger charge is 2.24. The van der Waals surface area contributed by atoms with Crippen molar-refractivity contribution in [2.75, 3.05) is 18.9 Å².